The molecule has 1 fully saturated rings. The summed E-state index contributed by atoms with van der Waals surface area (Å²) in [7, 11) is 0. The summed E-state index contributed by atoms with van der Waals surface area (Å²) in [6, 6.07) is 4.37. The van der Waals surface area contributed by atoms with Crippen LogP contribution in [-0.2, 0) is 5.60 Å². The van der Waals surface area contributed by atoms with Gasteiger partial charge in [0.15, 0.2) is 11.5 Å². The summed E-state index contributed by atoms with van der Waals surface area (Å²) < 4.78 is 0. The maximum Gasteiger partial charge on any atom is 0.157 e. The molecule has 4 heteroatoms. The third-order valence-corrected chi connectivity index (χ3v) is 2.35. The summed E-state index contributed by atoms with van der Waals surface area (Å²) in [5.41, 5.74) is -0.257. The van der Waals surface area contributed by atoms with Gasteiger partial charge in [-0.1, -0.05) is 6.07 Å². The Labute approximate surface area is 75.5 Å². The largest absolute Gasteiger partial charge is 0.504 e. The van der Waals surface area contributed by atoms with Crippen molar-refractivity contribution < 1.29 is 15.3 Å². The standard InChI is InChI=1S/C9H11NO3/c11-7-2-1-6(3-8(7)12)9(13)4-10-5-9/h1-3,10-13H,4-5H2. The predicted octanol–water partition coefficient (Wildman–Crippen LogP) is -0.111. The average Bonchev–Trinajstić information content (AvgIpc) is 2.06. The van der Waals surface area contributed by atoms with E-state index in [1.807, 2.05) is 0 Å². The molecule has 0 aromatic heterocycles. The Hall–Kier alpha value is -1.26. The number of nitrogens with one attached hydrogen (secondary N) is 1. The fourth-order valence-electron chi connectivity index (χ4n) is 1.38. The fourth-order valence-corrected chi connectivity index (χ4v) is 1.38. The topological polar surface area (TPSA) is 72.7 Å². The second-order valence-electron chi connectivity index (χ2n) is 3.34. The molecule has 4 N–H and O–H groups in total. The molecule has 4 nitrogen and oxygen atoms in total. The molecule has 1 aromatic carbocycles. The van der Waals surface area contributed by atoms with Gasteiger partial charge in [0.2, 0.25) is 0 Å². The van der Waals surface area contributed by atoms with E-state index in [0.29, 0.717) is 18.7 Å². The van der Waals surface area contributed by atoms with Crippen molar-refractivity contribution in [2.24, 2.45) is 0 Å². The van der Waals surface area contributed by atoms with Crippen molar-refractivity contribution in [2.75, 3.05) is 13.1 Å². The summed E-state index contributed by atoms with van der Waals surface area (Å²) in [4.78, 5) is 0. The molecular formula is C9H11NO3. The van der Waals surface area contributed by atoms with Gasteiger partial charge in [-0.15, -0.1) is 0 Å². The van der Waals surface area contributed by atoms with E-state index in [4.69, 9.17) is 5.11 Å². The molecule has 0 unspecified atom stereocenters. The molecule has 1 heterocycles. The first-order chi connectivity index (χ1) is 6.12. The lowest BCUT2D eigenvalue weighted by atomic mass is 9.88. The number of phenolic OH excluding ortho intramolecular Hbond substituents is 2. The van der Waals surface area contributed by atoms with Crippen molar-refractivity contribution >= 4 is 0 Å². The smallest absolute Gasteiger partial charge is 0.157 e. The lowest BCUT2D eigenvalue weighted by Gasteiger charge is -2.38. The minimum atomic E-state index is -0.884. The number of β-amino-alcohol motifs (C(OH)–C–C–N with tert-alkyl or cyclic N) is 1. The molecule has 1 saturated heterocycles. The molecule has 0 radical (unpaired) electrons. The van der Waals surface area contributed by atoms with Crippen LogP contribution in [0, 0.1) is 0 Å². The Kier molecular flexibility index (Phi) is 1.68. The van der Waals surface area contributed by atoms with E-state index in [2.05, 4.69) is 5.32 Å². The first-order valence-corrected chi connectivity index (χ1v) is 4.07. The van der Waals surface area contributed by atoms with Crippen molar-refractivity contribution in [3.05, 3.63) is 23.8 Å². The molecule has 1 aliphatic rings. The molecule has 70 valence electrons. The normalized spacial score (nSPS) is 19.5. The Morgan fingerprint density at radius 2 is 1.85 bits per heavy atom. The fraction of sp³-hybridized carbons (Fsp3) is 0.333. The number of rotatable bonds is 1. The summed E-state index contributed by atoms with van der Waals surface area (Å²) >= 11 is 0. The van der Waals surface area contributed by atoms with E-state index in [0.717, 1.165) is 0 Å². The number of aliphatic hydroxyl groups is 1. The van der Waals surface area contributed by atoms with Gasteiger partial charge in [0, 0.05) is 13.1 Å². The third-order valence-electron chi connectivity index (χ3n) is 2.35. The van der Waals surface area contributed by atoms with Gasteiger partial charge in [0.1, 0.15) is 5.60 Å². The molecule has 13 heavy (non-hydrogen) atoms. The highest BCUT2D eigenvalue weighted by Crippen LogP contribution is 2.32. The zero-order valence-electron chi connectivity index (χ0n) is 6.99. The molecule has 1 aromatic rings. The molecule has 0 spiro atoms. The van der Waals surface area contributed by atoms with Crippen LogP contribution in [0.1, 0.15) is 5.56 Å². The lowest BCUT2D eigenvalue weighted by Crippen LogP contribution is -2.56. The molecule has 0 bridgehead atoms. The van der Waals surface area contributed by atoms with Gasteiger partial charge in [-0.3, -0.25) is 0 Å². The van der Waals surface area contributed by atoms with Crippen LogP contribution in [0.2, 0.25) is 0 Å². The highest BCUT2D eigenvalue weighted by atomic mass is 16.3. The molecule has 1 aliphatic heterocycles. The van der Waals surface area contributed by atoms with E-state index >= 15 is 0 Å². The van der Waals surface area contributed by atoms with Crippen LogP contribution in [0.25, 0.3) is 0 Å². The van der Waals surface area contributed by atoms with Crippen LogP contribution >= 0.6 is 0 Å². The maximum atomic E-state index is 9.84. The SMILES string of the molecule is Oc1ccc(C2(O)CNC2)cc1O. The summed E-state index contributed by atoms with van der Waals surface area (Å²) in [5.74, 6) is -0.363. The third kappa shape index (κ3) is 1.24. The van der Waals surface area contributed by atoms with Gasteiger partial charge >= 0.3 is 0 Å². The van der Waals surface area contributed by atoms with E-state index in [1.165, 1.54) is 12.1 Å². The Morgan fingerprint density at radius 1 is 1.15 bits per heavy atom. The van der Waals surface area contributed by atoms with E-state index < -0.39 is 5.60 Å². The van der Waals surface area contributed by atoms with Gasteiger partial charge in [-0.05, 0) is 17.7 Å². The van der Waals surface area contributed by atoms with Gasteiger partial charge in [-0.2, -0.15) is 0 Å². The Bertz CT molecular complexity index is 334. The quantitative estimate of drug-likeness (QED) is 0.456. The van der Waals surface area contributed by atoms with Crippen molar-refractivity contribution in [3.8, 4) is 11.5 Å². The summed E-state index contributed by atoms with van der Waals surface area (Å²) in [6.45, 7) is 0.967. The van der Waals surface area contributed by atoms with Gasteiger partial charge in [-0.25, -0.2) is 0 Å². The summed E-state index contributed by atoms with van der Waals surface area (Å²) in [6.07, 6.45) is 0. The zero-order valence-corrected chi connectivity index (χ0v) is 6.99. The molecule has 0 amide bonds. The second kappa shape index (κ2) is 2.61. The van der Waals surface area contributed by atoms with Gasteiger partial charge in [0.05, 0.1) is 0 Å². The molecular weight excluding hydrogens is 170 g/mol. The van der Waals surface area contributed by atoms with Crippen molar-refractivity contribution in [2.45, 2.75) is 5.60 Å². The molecule has 0 aliphatic carbocycles. The Morgan fingerprint density at radius 3 is 2.31 bits per heavy atom. The van der Waals surface area contributed by atoms with E-state index in [1.54, 1.807) is 6.07 Å². The summed E-state index contributed by atoms with van der Waals surface area (Å²) in [5, 5.41) is 31.0. The minimum absolute atomic E-state index is 0.167. The molecule has 2 rings (SSSR count). The second-order valence-corrected chi connectivity index (χ2v) is 3.34. The Balaban J connectivity index is 2.36. The zero-order chi connectivity index (χ0) is 9.47. The van der Waals surface area contributed by atoms with Crippen molar-refractivity contribution in [3.63, 3.8) is 0 Å². The maximum absolute atomic E-state index is 9.84. The van der Waals surface area contributed by atoms with Crippen LogP contribution in [-0.4, -0.2) is 28.4 Å². The highest BCUT2D eigenvalue weighted by molar-refractivity contribution is 5.43. The predicted molar refractivity (Wildman–Crippen MR) is 46.5 cm³/mol. The van der Waals surface area contributed by atoms with E-state index in [-0.39, 0.29) is 11.5 Å². The molecule has 0 atom stereocenters. The number of hydrogen-bond acceptors (Lipinski definition) is 4. The van der Waals surface area contributed by atoms with Gasteiger partial charge < -0.3 is 20.6 Å². The van der Waals surface area contributed by atoms with Crippen LogP contribution in [0.5, 0.6) is 11.5 Å². The van der Waals surface area contributed by atoms with Gasteiger partial charge in [0.25, 0.3) is 0 Å². The minimum Gasteiger partial charge on any atom is -0.504 e. The van der Waals surface area contributed by atoms with Crippen LogP contribution in [0.4, 0.5) is 0 Å². The van der Waals surface area contributed by atoms with Crippen molar-refractivity contribution in [1.82, 2.24) is 5.32 Å². The van der Waals surface area contributed by atoms with Crippen LogP contribution in [0.15, 0.2) is 18.2 Å². The first-order valence-electron chi connectivity index (χ1n) is 4.07. The number of aromatic hydroxyl groups is 2. The first kappa shape index (κ1) is 8.34. The van der Waals surface area contributed by atoms with E-state index in [9.17, 15) is 10.2 Å². The number of phenols is 2. The monoisotopic (exact) mass is 181 g/mol. The lowest BCUT2D eigenvalue weighted by molar-refractivity contribution is -0.0148. The molecule has 0 saturated carbocycles. The average molecular weight is 181 g/mol. The van der Waals surface area contributed by atoms with Crippen molar-refractivity contribution in [1.29, 1.82) is 0 Å². The highest BCUT2D eigenvalue weighted by Gasteiger charge is 2.36. The number of benzene rings is 1. The van der Waals surface area contributed by atoms with Crippen LogP contribution < -0.4 is 5.32 Å². The number of hydrogen-bond donors (Lipinski definition) is 4. The van der Waals surface area contributed by atoms with Crippen LogP contribution in [0.3, 0.4) is 0 Å².